The van der Waals surface area contributed by atoms with E-state index in [0.717, 1.165) is 10.8 Å². The number of nitrogens with one attached hydrogen (secondary N) is 1. The van der Waals surface area contributed by atoms with Crippen molar-refractivity contribution in [2.75, 3.05) is 18.1 Å². The minimum absolute atomic E-state index is 0.136. The summed E-state index contributed by atoms with van der Waals surface area (Å²) in [5.74, 6) is -8.82. The first kappa shape index (κ1) is 27.4. The lowest BCUT2D eigenvalue weighted by Crippen LogP contribution is -2.47. The third-order valence-corrected chi connectivity index (χ3v) is 6.66. The number of carbonyl (C=O) groups is 5. The van der Waals surface area contributed by atoms with Gasteiger partial charge < -0.3 is 20.3 Å². The van der Waals surface area contributed by atoms with Crippen molar-refractivity contribution in [2.45, 2.75) is 25.8 Å². The van der Waals surface area contributed by atoms with Crippen molar-refractivity contribution in [1.82, 2.24) is 5.32 Å². The lowest BCUT2D eigenvalue weighted by atomic mass is 10.0. The summed E-state index contributed by atoms with van der Waals surface area (Å²) < 4.78 is 28.6. The second-order valence-corrected chi connectivity index (χ2v) is 10.1. The summed E-state index contributed by atoms with van der Waals surface area (Å²) >= 11 is 0. The fraction of sp³-hybridized carbons (Fsp3) is 0.348. The van der Waals surface area contributed by atoms with Gasteiger partial charge in [-0.15, -0.1) is 0 Å². The number of sulfone groups is 1. The van der Waals surface area contributed by atoms with Crippen LogP contribution in [-0.4, -0.2) is 72.4 Å². The highest BCUT2D eigenvalue weighted by Crippen LogP contribution is 2.19. The van der Waals surface area contributed by atoms with Crippen LogP contribution in [0.3, 0.4) is 0 Å². The highest BCUT2D eigenvalue weighted by atomic mass is 32.2. The number of ketones is 1. The molecule has 1 amide bonds. The molecule has 0 saturated carbocycles. The molecule has 0 aliphatic heterocycles. The number of aliphatic carboxylic acids is 2. The molecule has 11 nitrogen and oxygen atoms in total. The Morgan fingerprint density at radius 1 is 0.971 bits per heavy atom. The summed E-state index contributed by atoms with van der Waals surface area (Å²) in [7, 11) is -4.10. The molecule has 0 heterocycles. The monoisotopic (exact) mass is 507 g/mol. The van der Waals surface area contributed by atoms with Crippen molar-refractivity contribution in [1.29, 1.82) is 0 Å². The Bertz CT molecular complexity index is 1230. The van der Waals surface area contributed by atoms with Crippen LogP contribution >= 0.6 is 0 Å². The summed E-state index contributed by atoms with van der Waals surface area (Å²) in [6.07, 6.45) is -0.955. The number of carboxylic acid groups (broad SMARTS) is 2. The predicted octanol–water partition coefficient (Wildman–Crippen LogP) is 0.590. The summed E-state index contributed by atoms with van der Waals surface area (Å²) in [6.45, 7) is 0.398. The summed E-state index contributed by atoms with van der Waals surface area (Å²) in [6, 6.07) is 11.2. The van der Waals surface area contributed by atoms with E-state index >= 15 is 0 Å². The van der Waals surface area contributed by atoms with Gasteiger partial charge in [-0.25, -0.2) is 8.42 Å². The number of hydrogen-bond acceptors (Lipinski definition) is 8. The Balaban J connectivity index is 1.99. The van der Waals surface area contributed by atoms with Crippen LogP contribution in [-0.2, 0) is 45.0 Å². The van der Waals surface area contributed by atoms with Gasteiger partial charge in [-0.05, 0) is 16.3 Å². The van der Waals surface area contributed by atoms with Crippen LogP contribution in [0.5, 0.6) is 0 Å². The van der Waals surface area contributed by atoms with E-state index in [4.69, 9.17) is 14.9 Å². The Kier molecular flexibility index (Phi) is 9.46. The quantitative estimate of drug-likeness (QED) is 0.325. The van der Waals surface area contributed by atoms with Crippen LogP contribution in [0, 0.1) is 5.92 Å². The van der Waals surface area contributed by atoms with Crippen molar-refractivity contribution in [3.05, 3.63) is 48.0 Å². The van der Waals surface area contributed by atoms with Gasteiger partial charge in [0.25, 0.3) is 0 Å². The van der Waals surface area contributed by atoms with Gasteiger partial charge in [0.15, 0.2) is 22.2 Å². The molecule has 12 heteroatoms. The molecular weight excluding hydrogens is 482 g/mol. The average molecular weight is 508 g/mol. The molecule has 2 rings (SSSR count). The topological polar surface area (TPSA) is 181 Å². The van der Waals surface area contributed by atoms with Crippen LogP contribution in [0.15, 0.2) is 42.5 Å². The van der Waals surface area contributed by atoms with Gasteiger partial charge in [0.1, 0.15) is 11.8 Å². The van der Waals surface area contributed by atoms with Crippen LogP contribution in [0.4, 0.5) is 0 Å². The van der Waals surface area contributed by atoms with Crippen LogP contribution in [0.1, 0.15) is 18.9 Å². The predicted molar refractivity (Wildman–Crippen MR) is 123 cm³/mol. The molecule has 0 aliphatic rings. The van der Waals surface area contributed by atoms with Gasteiger partial charge in [-0.1, -0.05) is 49.4 Å². The fourth-order valence-electron chi connectivity index (χ4n) is 3.34. The first-order chi connectivity index (χ1) is 16.4. The highest BCUT2D eigenvalue weighted by molar-refractivity contribution is 7.92. The van der Waals surface area contributed by atoms with E-state index in [1.54, 1.807) is 12.1 Å². The first-order valence-electron chi connectivity index (χ1n) is 10.5. The number of ether oxygens (including phenoxy) is 1. The first-order valence-corrected chi connectivity index (χ1v) is 12.3. The molecule has 2 aromatic carbocycles. The molecular formula is C23H25NO10S. The number of carbonyl (C=O) groups excluding carboxylic acids is 3. The maximum Gasteiger partial charge on any atom is 0.318 e. The molecule has 0 aliphatic carbocycles. The zero-order chi connectivity index (χ0) is 26.2. The van der Waals surface area contributed by atoms with E-state index in [1.807, 2.05) is 30.3 Å². The minimum Gasteiger partial charge on any atom is -0.481 e. The van der Waals surface area contributed by atoms with E-state index < -0.39 is 75.9 Å². The molecule has 0 radical (unpaired) electrons. The lowest BCUT2D eigenvalue weighted by Gasteiger charge is -2.19. The molecule has 2 aromatic rings. The second kappa shape index (κ2) is 12.1. The maximum atomic E-state index is 12.5. The minimum atomic E-state index is -4.10. The Hall–Kier alpha value is -3.80. The standard InChI is InChI=1S/C23H25NO10S/c1-14(12-35(32,33)13-21(28)29)23(31)24-18(10-20(26)27)19(25)11-34-22(30)9-16-7-4-6-15-5-2-3-8-17(15)16/h2-8,14,18H,9-13H2,1H3,(H,24,31)(H,26,27)(H,28,29). The van der Waals surface area contributed by atoms with Gasteiger partial charge in [0.2, 0.25) is 5.91 Å². The Labute approximate surface area is 201 Å². The fourth-order valence-corrected chi connectivity index (χ4v) is 4.75. The number of carboxylic acids is 2. The number of esters is 1. The third-order valence-electron chi connectivity index (χ3n) is 4.97. The smallest absolute Gasteiger partial charge is 0.318 e. The highest BCUT2D eigenvalue weighted by Gasteiger charge is 2.29. The van der Waals surface area contributed by atoms with Gasteiger partial charge in [0, 0.05) is 5.92 Å². The number of Topliss-reactive ketones (excluding diaryl/α,β-unsaturated/α-hetero) is 1. The van der Waals surface area contributed by atoms with Crippen molar-refractivity contribution in [3.63, 3.8) is 0 Å². The lowest BCUT2D eigenvalue weighted by molar-refractivity contribution is -0.148. The summed E-state index contributed by atoms with van der Waals surface area (Å²) in [5, 5.41) is 21.6. The molecule has 0 bridgehead atoms. The Morgan fingerprint density at radius 3 is 2.29 bits per heavy atom. The van der Waals surface area contributed by atoms with Crippen LogP contribution in [0.25, 0.3) is 10.8 Å². The molecule has 2 unspecified atom stereocenters. The van der Waals surface area contributed by atoms with E-state index in [0.29, 0.717) is 5.56 Å². The third kappa shape index (κ3) is 8.81. The van der Waals surface area contributed by atoms with Gasteiger partial charge in [-0.3, -0.25) is 24.0 Å². The van der Waals surface area contributed by atoms with Gasteiger partial charge in [0.05, 0.1) is 18.6 Å². The molecule has 2 atom stereocenters. The van der Waals surface area contributed by atoms with E-state index in [9.17, 15) is 32.4 Å². The zero-order valence-electron chi connectivity index (χ0n) is 18.8. The second-order valence-electron chi connectivity index (χ2n) is 7.95. The van der Waals surface area contributed by atoms with Crippen molar-refractivity contribution in [3.8, 4) is 0 Å². The van der Waals surface area contributed by atoms with Gasteiger partial charge in [-0.2, -0.15) is 0 Å². The molecule has 0 spiro atoms. The molecule has 3 N–H and O–H groups in total. The number of benzene rings is 2. The number of amides is 1. The van der Waals surface area contributed by atoms with Gasteiger partial charge >= 0.3 is 17.9 Å². The largest absolute Gasteiger partial charge is 0.481 e. The van der Waals surface area contributed by atoms with Crippen molar-refractivity contribution < 1.29 is 47.3 Å². The van der Waals surface area contributed by atoms with Crippen molar-refractivity contribution in [2.24, 2.45) is 5.92 Å². The molecule has 0 fully saturated rings. The molecule has 188 valence electrons. The average Bonchev–Trinajstić information content (AvgIpc) is 2.75. The molecule has 35 heavy (non-hydrogen) atoms. The SMILES string of the molecule is CC(CS(=O)(=O)CC(=O)O)C(=O)NC(CC(=O)O)C(=O)COC(=O)Cc1cccc2ccccc12. The Morgan fingerprint density at radius 2 is 1.63 bits per heavy atom. The number of hydrogen-bond donors (Lipinski definition) is 3. The zero-order valence-corrected chi connectivity index (χ0v) is 19.6. The number of fused-ring (bicyclic) bond motifs is 1. The van der Waals surface area contributed by atoms with E-state index in [1.165, 1.54) is 6.92 Å². The van der Waals surface area contributed by atoms with E-state index in [2.05, 4.69) is 5.32 Å². The van der Waals surface area contributed by atoms with E-state index in [-0.39, 0.29) is 6.42 Å². The maximum absolute atomic E-state index is 12.5. The summed E-state index contributed by atoms with van der Waals surface area (Å²) in [4.78, 5) is 58.9. The van der Waals surface area contributed by atoms with Crippen LogP contribution < -0.4 is 5.32 Å². The van der Waals surface area contributed by atoms with Crippen molar-refractivity contribution >= 4 is 50.2 Å². The normalized spacial score (nSPS) is 12.9. The number of rotatable bonds is 13. The summed E-state index contributed by atoms with van der Waals surface area (Å²) in [5.41, 5.74) is 0.673. The molecule has 0 saturated heterocycles. The van der Waals surface area contributed by atoms with Crippen LogP contribution in [0.2, 0.25) is 0 Å². The molecule has 0 aromatic heterocycles.